The molecule has 2 rings (SSSR count). The first-order valence-corrected chi connectivity index (χ1v) is 11.0. The molecule has 3 N–H and O–H groups in total. The number of nitrogens with two attached hydrogens (primary N) is 1. The Hall–Kier alpha value is -0.430. The number of aliphatic imine (C=N–C) groups is 1. The highest BCUT2D eigenvalue weighted by molar-refractivity contribution is 14.0. The molecule has 7 nitrogen and oxygen atoms in total. The average Bonchev–Trinajstić information content (AvgIpc) is 3.10. The number of guanidine groups is 1. The summed E-state index contributed by atoms with van der Waals surface area (Å²) in [4.78, 5) is 5.16. The van der Waals surface area contributed by atoms with Gasteiger partial charge in [0.15, 0.2) is 5.96 Å². The van der Waals surface area contributed by atoms with Crippen LogP contribution in [0.4, 0.5) is 0 Å². The maximum absolute atomic E-state index is 12.6. The molecule has 1 aromatic rings. The summed E-state index contributed by atoms with van der Waals surface area (Å²) in [6, 6.07) is 3.45. The van der Waals surface area contributed by atoms with E-state index in [0.717, 1.165) is 17.8 Å². The fraction of sp³-hybridized carbons (Fsp3) is 0.688. The van der Waals surface area contributed by atoms with Crippen molar-refractivity contribution in [3.05, 3.63) is 17.0 Å². The Morgan fingerprint density at radius 3 is 2.73 bits per heavy atom. The smallest absolute Gasteiger partial charge is 0.252 e. The quantitative estimate of drug-likeness (QED) is 0.227. The summed E-state index contributed by atoms with van der Waals surface area (Å²) in [5, 5.41) is 3.09. The number of thiophene rings is 1. The molecule has 0 spiro atoms. The normalized spacial score (nSPS) is 16.3. The molecule has 10 heteroatoms. The molecule has 0 atom stereocenters. The number of unbranched alkanes of at least 4 members (excludes halogenated alkanes) is 3. The van der Waals surface area contributed by atoms with Crippen molar-refractivity contribution in [2.24, 2.45) is 10.7 Å². The first-order chi connectivity index (χ1) is 12.0. The van der Waals surface area contributed by atoms with Gasteiger partial charge in [0.1, 0.15) is 4.21 Å². The van der Waals surface area contributed by atoms with Gasteiger partial charge in [0, 0.05) is 24.5 Å². The van der Waals surface area contributed by atoms with Gasteiger partial charge in [-0.2, -0.15) is 4.31 Å². The van der Waals surface area contributed by atoms with Gasteiger partial charge < -0.3 is 15.8 Å². The molecule has 1 aliphatic rings. The molecular weight excluding hydrogens is 487 g/mol. The van der Waals surface area contributed by atoms with E-state index in [-0.39, 0.29) is 24.0 Å². The Balaban J connectivity index is 0.00000338. The summed E-state index contributed by atoms with van der Waals surface area (Å²) in [7, 11) is -3.43. The van der Waals surface area contributed by atoms with Gasteiger partial charge in [-0.3, -0.25) is 0 Å². The largest absolute Gasteiger partial charge is 0.379 e. The molecule has 0 unspecified atom stereocenters. The second kappa shape index (κ2) is 12.1. The van der Waals surface area contributed by atoms with E-state index in [4.69, 9.17) is 10.5 Å². The van der Waals surface area contributed by atoms with Crippen LogP contribution in [-0.4, -0.2) is 51.5 Å². The summed E-state index contributed by atoms with van der Waals surface area (Å²) < 4.78 is 32.2. The summed E-state index contributed by atoms with van der Waals surface area (Å²) in [5.74, 6) is 0.405. The Labute approximate surface area is 177 Å². The lowest BCUT2D eigenvalue weighted by molar-refractivity contribution is 0.0731. The Kier molecular flexibility index (Phi) is 11.0. The Morgan fingerprint density at radius 2 is 2.04 bits per heavy atom. The zero-order chi connectivity index (χ0) is 18.1. The second-order valence-corrected chi connectivity index (χ2v) is 9.26. The van der Waals surface area contributed by atoms with Gasteiger partial charge in [0.05, 0.1) is 19.8 Å². The minimum absolute atomic E-state index is 0. The standard InChI is InChI=1S/C16H28N4O3S2.HI/c1-2-3-4-5-8-18-16(17)19-13-14-6-7-15(24-14)25(21,22)20-9-11-23-12-10-20;/h6-7H,2-5,8-13H2,1H3,(H3,17,18,19);1H. The fourth-order valence-corrected chi connectivity index (χ4v) is 5.33. The van der Waals surface area contributed by atoms with E-state index in [1.807, 2.05) is 0 Å². The highest BCUT2D eigenvalue weighted by Crippen LogP contribution is 2.26. The average molecular weight is 516 g/mol. The van der Waals surface area contributed by atoms with Crippen molar-refractivity contribution >= 4 is 51.3 Å². The lowest BCUT2D eigenvalue weighted by Gasteiger charge is -2.25. The van der Waals surface area contributed by atoms with Gasteiger partial charge in [-0.25, -0.2) is 13.4 Å². The highest BCUT2D eigenvalue weighted by Gasteiger charge is 2.27. The first-order valence-electron chi connectivity index (χ1n) is 8.74. The molecule has 0 radical (unpaired) electrons. The number of ether oxygens (including phenoxy) is 1. The number of nitrogens with one attached hydrogen (secondary N) is 1. The van der Waals surface area contributed by atoms with E-state index >= 15 is 0 Å². The third kappa shape index (κ3) is 7.29. The fourth-order valence-electron chi connectivity index (χ4n) is 2.48. The van der Waals surface area contributed by atoms with E-state index in [1.165, 1.54) is 34.9 Å². The highest BCUT2D eigenvalue weighted by atomic mass is 127. The predicted octanol–water partition coefficient (Wildman–Crippen LogP) is 2.37. The summed E-state index contributed by atoms with van der Waals surface area (Å²) in [6.07, 6.45) is 4.70. The third-order valence-electron chi connectivity index (χ3n) is 3.94. The van der Waals surface area contributed by atoms with Crippen LogP contribution >= 0.6 is 35.3 Å². The van der Waals surface area contributed by atoms with Crippen molar-refractivity contribution in [3.8, 4) is 0 Å². The Bertz CT molecular complexity index is 658. The molecule has 1 saturated heterocycles. The third-order valence-corrected chi connectivity index (χ3v) is 7.38. The van der Waals surface area contributed by atoms with Crippen LogP contribution in [0.3, 0.4) is 0 Å². The van der Waals surface area contributed by atoms with E-state index in [0.29, 0.717) is 43.0 Å². The molecule has 1 aromatic heterocycles. The summed E-state index contributed by atoms with van der Waals surface area (Å²) in [6.45, 7) is 5.08. The number of hydrogen-bond acceptors (Lipinski definition) is 5. The van der Waals surface area contributed by atoms with Crippen LogP contribution in [0.5, 0.6) is 0 Å². The van der Waals surface area contributed by atoms with Gasteiger partial charge in [0.25, 0.3) is 10.0 Å². The predicted molar refractivity (Wildman–Crippen MR) is 117 cm³/mol. The van der Waals surface area contributed by atoms with Crippen LogP contribution in [0.1, 0.15) is 37.5 Å². The van der Waals surface area contributed by atoms with Crippen molar-refractivity contribution in [1.82, 2.24) is 9.62 Å². The monoisotopic (exact) mass is 516 g/mol. The molecule has 1 aliphatic heterocycles. The lowest BCUT2D eigenvalue weighted by atomic mass is 10.2. The molecule has 26 heavy (non-hydrogen) atoms. The van der Waals surface area contributed by atoms with Crippen molar-refractivity contribution in [2.45, 2.75) is 43.4 Å². The number of morpholine rings is 1. The number of halogens is 1. The van der Waals surface area contributed by atoms with Crippen LogP contribution in [0, 0.1) is 0 Å². The maximum Gasteiger partial charge on any atom is 0.252 e. The van der Waals surface area contributed by atoms with Crippen LogP contribution in [0.15, 0.2) is 21.3 Å². The van der Waals surface area contributed by atoms with Crippen LogP contribution in [0.25, 0.3) is 0 Å². The molecule has 0 amide bonds. The lowest BCUT2D eigenvalue weighted by Crippen LogP contribution is -2.40. The molecule has 1 fully saturated rings. The van der Waals surface area contributed by atoms with E-state index < -0.39 is 10.0 Å². The SMILES string of the molecule is CCCCCCNC(N)=NCc1ccc(S(=O)(=O)N2CCOCC2)s1.I. The first kappa shape index (κ1) is 23.6. The number of hydrogen-bond donors (Lipinski definition) is 2. The summed E-state index contributed by atoms with van der Waals surface area (Å²) >= 11 is 1.25. The number of rotatable bonds is 9. The number of nitrogens with zero attached hydrogens (tertiary/aromatic N) is 2. The number of sulfonamides is 1. The van der Waals surface area contributed by atoms with Crippen LogP contribution < -0.4 is 11.1 Å². The minimum atomic E-state index is -3.43. The zero-order valence-corrected chi connectivity index (χ0v) is 19.1. The van der Waals surface area contributed by atoms with E-state index in [9.17, 15) is 8.42 Å². The van der Waals surface area contributed by atoms with Crippen molar-refractivity contribution in [2.75, 3.05) is 32.8 Å². The molecule has 0 aromatic carbocycles. The molecule has 0 bridgehead atoms. The molecular formula is C16H29IN4O3S2. The van der Waals surface area contributed by atoms with Crippen molar-refractivity contribution in [3.63, 3.8) is 0 Å². The molecule has 2 heterocycles. The van der Waals surface area contributed by atoms with Gasteiger partial charge >= 0.3 is 0 Å². The molecule has 150 valence electrons. The van der Waals surface area contributed by atoms with Crippen molar-refractivity contribution < 1.29 is 13.2 Å². The van der Waals surface area contributed by atoms with Gasteiger partial charge in [-0.1, -0.05) is 26.2 Å². The van der Waals surface area contributed by atoms with Crippen LogP contribution in [-0.2, 0) is 21.3 Å². The summed E-state index contributed by atoms with van der Waals surface area (Å²) in [5.41, 5.74) is 5.85. The minimum Gasteiger partial charge on any atom is -0.379 e. The van der Waals surface area contributed by atoms with Gasteiger partial charge in [-0.05, 0) is 18.6 Å². The Morgan fingerprint density at radius 1 is 1.31 bits per heavy atom. The van der Waals surface area contributed by atoms with Gasteiger partial charge in [-0.15, -0.1) is 35.3 Å². The maximum atomic E-state index is 12.6. The van der Waals surface area contributed by atoms with E-state index in [2.05, 4.69) is 17.2 Å². The second-order valence-electron chi connectivity index (χ2n) is 5.93. The van der Waals surface area contributed by atoms with Gasteiger partial charge in [0.2, 0.25) is 0 Å². The topological polar surface area (TPSA) is 97.0 Å². The molecule has 0 aliphatic carbocycles. The van der Waals surface area contributed by atoms with Crippen molar-refractivity contribution in [1.29, 1.82) is 0 Å². The zero-order valence-electron chi connectivity index (χ0n) is 15.1. The van der Waals surface area contributed by atoms with Crippen LogP contribution in [0.2, 0.25) is 0 Å². The van der Waals surface area contributed by atoms with E-state index in [1.54, 1.807) is 12.1 Å². The molecule has 0 saturated carbocycles.